The van der Waals surface area contributed by atoms with E-state index in [0.29, 0.717) is 17.2 Å². The van der Waals surface area contributed by atoms with E-state index in [-0.39, 0.29) is 17.5 Å². The largest absolute Gasteiger partial charge is 0.478 e. The molecule has 0 saturated heterocycles. The van der Waals surface area contributed by atoms with Crippen molar-refractivity contribution in [1.29, 1.82) is 5.26 Å². The highest BCUT2D eigenvalue weighted by Crippen LogP contribution is 2.45. The predicted molar refractivity (Wildman–Crippen MR) is 186 cm³/mol. The lowest BCUT2D eigenvalue weighted by molar-refractivity contribution is 0.0696. The Labute approximate surface area is 277 Å². The van der Waals surface area contributed by atoms with Gasteiger partial charge in [-0.2, -0.15) is 5.26 Å². The third kappa shape index (κ3) is 6.29. The predicted octanol–water partition coefficient (Wildman–Crippen LogP) is 9.52. The summed E-state index contributed by atoms with van der Waals surface area (Å²) < 4.78 is 2.30. The topological polar surface area (TPSA) is 95.1 Å². The molecule has 1 fully saturated rings. The number of nitrogens with one attached hydrogen (secondary N) is 1. The number of hydrogen-bond acceptors (Lipinski definition) is 4. The molecule has 6 aromatic rings. The number of amides is 1. The first kappa shape index (κ1) is 30.1. The molecule has 47 heavy (non-hydrogen) atoms. The number of carbonyl (C=O) groups is 2. The third-order valence-electron chi connectivity index (χ3n) is 8.60. The molecule has 0 spiro atoms. The third-order valence-corrected chi connectivity index (χ3v) is 9.64. The average molecular weight is 634 g/mol. The first-order chi connectivity index (χ1) is 22.9. The zero-order chi connectivity index (χ0) is 32.5. The Bertz CT molecular complexity index is 2160. The van der Waals surface area contributed by atoms with Gasteiger partial charge in [0, 0.05) is 27.4 Å². The number of aromatic carboxylic acids is 1. The maximum atomic E-state index is 14.2. The van der Waals surface area contributed by atoms with Gasteiger partial charge in [-0.05, 0) is 96.1 Å². The van der Waals surface area contributed by atoms with Gasteiger partial charge in [0.15, 0.2) is 0 Å². The number of carboxylic acids is 1. The minimum absolute atomic E-state index is 0.196. The van der Waals surface area contributed by atoms with Gasteiger partial charge in [0.2, 0.25) is 0 Å². The molecule has 0 aliphatic heterocycles. The van der Waals surface area contributed by atoms with E-state index in [2.05, 4.69) is 64.6 Å². The first-order valence-corrected chi connectivity index (χ1v) is 16.4. The zero-order valence-corrected chi connectivity index (χ0v) is 26.5. The minimum atomic E-state index is -0.993. The molecule has 7 heteroatoms. The number of carbonyl (C=O) groups excluding carboxylic acids is 1. The number of aromatic nitrogens is 1. The fraction of sp³-hybridized carbons (Fsp3) is 0.125. The van der Waals surface area contributed by atoms with Crippen molar-refractivity contribution in [2.75, 3.05) is 0 Å². The second-order valence-corrected chi connectivity index (χ2v) is 13.0. The number of nitriles is 1. The molecule has 0 bridgehead atoms. The fourth-order valence-corrected chi connectivity index (χ4v) is 6.95. The molecule has 1 aromatic heterocycles. The summed E-state index contributed by atoms with van der Waals surface area (Å²) in [6, 6.07) is 39.1. The summed E-state index contributed by atoms with van der Waals surface area (Å²) >= 11 is 1.65. The standard InChI is InChI=1S/C40H31N3O3S/c1-25(27-10-12-30(13-11-27)40(45)46)42-39(44)35-21-32(31-9-5-6-26(20-31)23-41)22-36-38(35)37(24-43(36)33-16-17-33)47-34-18-14-29(15-19-34)28-7-3-2-4-8-28/h2-15,18-22,24-25,33H,16-17H2,1H3,(H,42,44)(H,45,46)/t25-/m0/s1. The molecule has 1 aliphatic carbocycles. The van der Waals surface area contributed by atoms with Gasteiger partial charge in [-0.25, -0.2) is 4.79 Å². The fourth-order valence-electron chi connectivity index (χ4n) is 5.94. The van der Waals surface area contributed by atoms with E-state index in [1.807, 2.05) is 49.4 Å². The summed E-state index contributed by atoms with van der Waals surface area (Å²) in [5, 5.41) is 22.9. The lowest BCUT2D eigenvalue weighted by Gasteiger charge is -2.17. The van der Waals surface area contributed by atoms with Crippen LogP contribution in [0, 0.1) is 11.3 Å². The number of benzene rings is 5. The summed E-state index contributed by atoms with van der Waals surface area (Å²) in [7, 11) is 0. The molecule has 1 saturated carbocycles. The van der Waals surface area contributed by atoms with Crippen LogP contribution < -0.4 is 5.32 Å². The number of carboxylic acid groups (broad SMARTS) is 1. The van der Waals surface area contributed by atoms with Crippen molar-refractivity contribution in [3.05, 3.63) is 144 Å². The minimum Gasteiger partial charge on any atom is -0.478 e. The van der Waals surface area contributed by atoms with Gasteiger partial charge in [-0.1, -0.05) is 78.5 Å². The summed E-state index contributed by atoms with van der Waals surface area (Å²) in [6.45, 7) is 1.89. The summed E-state index contributed by atoms with van der Waals surface area (Å²) in [5.74, 6) is -1.22. The molecular weight excluding hydrogens is 603 g/mol. The number of hydrogen-bond donors (Lipinski definition) is 2. The highest BCUT2D eigenvalue weighted by Gasteiger charge is 2.29. The Morgan fingerprint density at radius 3 is 2.23 bits per heavy atom. The van der Waals surface area contributed by atoms with E-state index in [1.165, 1.54) is 0 Å². The van der Waals surface area contributed by atoms with Crippen molar-refractivity contribution in [2.45, 2.75) is 41.6 Å². The van der Waals surface area contributed by atoms with E-state index in [0.717, 1.165) is 61.4 Å². The van der Waals surface area contributed by atoms with Gasteiger partial charge >= 0.3 is 5.97 Å². The van der Waals surface area contributed by atoms with E-state index < -0.39 is 5.97 Å². The van der Waals surface area contributed by atoms with Crippen molar-refractivity contribution < 1.29 is 14.7 Å². The van der Waals surface area contributed by atoms with Crippen molar-refractivity contribution in [2.24, 2.45) is 0 Å². The Morgan fingerprint density at radius 1 is 0.851 bits per heavy atom. The van der Waals surface area contributed by atoms with Crippen LogP contribution in [0.1, 0.15) is 63.7 Å². The molecule has 5 aromatic carbocycles. The van der Waals surface area contributed by atoms with Crippen LogP contribution in [-0.2, 0) is 0 Å². The summed E-state index contributed by atoms with van der Waals surface area (Å²) in [4.78, 5) is 27.7. The van der Waals surface area contributed by atoms with Crippen molar-refractivity contribution >= 4 is 34.5 Å². The molecule has 1 atom stereocenters. The van der Waals surface area contributed by atoms with Crippen LogP contribution in [0.5, 0.6) is 0 Å². The molecule has 0 radical (unpaired) electrons. The molecule has 1 aliphatic rings. The van der Waals surface area contributed by atoms with Gasteiger partial charge in [0.25, 0.3) is 5.91 Å². The zero-order valence-electron chi connectivity index (χ0n) is 25.7. The SMILES string of the molecule is C[C@H](NC(=O)c1cc(-c2cccc(C#N)c2)cc2c1c(Sc1ccc(-c3ccccc3)cc1)cn2C1CC1)c1ccc(C(=O)O)cc1. The van der Waals surface area contributed by atoms with Gasteiger partial charge in [-0.15, -0.1) is 0 Å². The van der Waals surface area contributed by atoms with Crippen LogP contribution in [0.4, 0.5) is 0 Å². The molecule has 7 rings (SSSR count). The Morgan fingerprint density at radius 2 is 1.55 bits per heavy atom. The van der Waals surface area contributed by atoms with Gasteiger partial charge in [0.05, 0.1) is 34.3 Å². The Balaban J connectivity index is 1.31. The van der Waals surface area contributed by atoms with Crippen LogP contribution >= 0.6 is 11.8 Å². The first-order valence-electron chi connectivity index (χ1n) is 15.5. The number of rotatable bonds is 9. The average Bonchev–Trinajstić information content (AvgIpc) is 3.90. The number of nitrogens with zero attached hydrogens (tertiary/aromatic N) is 2. The molecule has 2 N–H and O–H groups in total. The van der Waals surface area contributed by atoms with Crippen LogP contribution in [0.2, 0.25) is 0 Å². The Kier molecular flexibility index (Phi) is 8.11. The van der Waals surface area contributed by atoms with E-state index in [1.54, 1.807) is 42.1 Å². The van der Waals surface area contributed by atoms with Crippen LogP contribution in [-0.4, -0.2) is 21.6 Å². The van der Waals surface area contributed by atoms with Gasteiger partial charge < -0.3 is 15.0 Å². The monoisotopic (exact) mass is 633 g/mol. The van der Waals surface area contributed by atoms with Gasteiger partial charge in [0.1, 0.15) is 0 Å². The van der Waals surface area contributed by atoms with Crippen LogP contribution in [0.15, 0.2) is 131 Å². The quantitative estimate of drug-likeness (QED) is 0.165. The molecule has 0 unspecified atom stereocenters. The van der Waals surface area contributed by atoms with Crippen LogP contribution in [0.25, 0.3) is 33.2 Å². The van der Waals surface area contributed by atoms with Gasteiger partial charge in [-0.3, -0.25) is 4.79 Å². The molecule has 230 valence electrons. The molecular formula is C40H31N3O3S. The molecule has 1 heterocycles. The normalized spacial score (nSPS) is 13.2. The molecule has 6 nitrogen and oxygen atoms in total. The highest BCUT2D eigenvalue weighted by molar-refractivity contribution is 7.99. The second kappa shape index (κ2) is 12.7. The second-order valence-electron chi connectivity index (χ2n) is 11.9. The number of fused-ring (bicyclic) bond motifs is 1. The van der Waals surface area contributed by atoms with Crippen molar-refractivity contribution in [3.63, 3.8) is 0 Å². The van der Waals surface area contributed by atoms with E-state index in [4.69, 9.17) is 0 Å². The van der Waals surface area contributed by atoms with E-state index in [9.17, 15) is 20.0 Å². The molecule has 1 amide bonds. The van der Waals surface area contributed by atoms with E-state index >= 15 is 0 Å². The highest BCUT2D eigenvalue weighted by atomic mass is 32.2. The van der Waals surface area contributed by atoms with Crippen molar-refractivity contribution in [3.8, 4) is 28.3 Å². The summed E-state index contributed by atoms with van der Waals surface area (Å²) in [6.07, 6.45) is 4.34. The lowest BCUT2D eigenvalue weighted by atomic mass is 9.98. The van der Waals surface area contributed by atoms with Crippen molar-refractivity contribution in [1.82, 2.24) is 9.88 Å². The maximum absolute atomic E-state index is 14.2. The smallest absolute Gasteiger partial charge is 0.335 e. The lowest BCUT2D eigenvalue weighted by Crippen LogP contribution is -2.27. The Hall–Kier alpha value is -5.58. The van der Waals surface area contributed by atoms with Crippen LogP contribution in [0.3, 0.4) is 0 Å². The maximum Gasteiger partial charge on any atom is 0.335 e. The summed E-state index contributed by atoms with van der Waals surface area (Å²) in [5.41, 5.74) is 7.13.